The highest BCUT2D eigenvalue weighted by atomic mass is 16.7. The Hall–Kier alpha value is -3.25. The van der Waals surface area contributed by atoms with Crippen LogP contribution in [-0.2, 0) is 9.47 Å². The largest absolute Gasteiger partial charge is 0.473 e. The van der Waals surface area contributed by atoms with Crippen molar-refractivity contribution in [3.8, 4) is 17.3 Å². The van der Waals surface area contributed by atoms with Crippen molar-refractivity contribution in [3.05, 3.63) is 36.7 Å². The van der Waals surface area contributed by atoms with Crippen molar-refractivity contribution in [1.29, 1.82) is 0 Å². The van der Waals surface area contributed by atoms with Gasteiger partial charge < -0.3 is 28.4 Å². The molecule has 0 bridgehead atoms. The Morgan fingerprint density at radius 3 is 2.63 bits per heavy atom. The minimum Gasteiger partial charge on any atom is -0.473 e. The maximum absolute atomic E-state index is 6.31. The first kappa shape index (κ1) is 29.8. The van der Waals surface area contributed by atoms with Gasteiger partial charge >= 0.3 is 0 Å². The van der Waals surface area contributed by atoms with E-state index in [0.29, 0.717) is 11.6 Å². The zero-order valence-corrected chi connectivity index (χ0v) is 26.3. The molecule has 0 amide bonds. The lowest BCUT2D eigenvalue weighted by Crippen LogP contribution is -2.59. The number of methoxy groups -OCH3 is 1. The van der Waals surface area contributed by atoms with Crippen LogP contribution in [0.4, 0.5) is 5.82 Å². The fourth-order valence-corrected chi connectivity index (χ4v) is 6.15. The van der Waals surface area contributed by atoms with Crippen molar-refractivity contribution in [2.45, 2.75) is 83.5 Å². The van der Waals surface area contributed by atoms with Crippen LogP contribution in [0.3, 0.4) is 0 Å². The first-order chi connectivity index (χ1) is 20.6. The van der Waals surface area contributed by atoms with E-state index in [9.17, 15) is 0 Å². The number of likely N-dealkylation sites (tertiary alicyclic amines) is 1. The topological polar surface area (TPSA) is 102 Å². The van der Waals surface area contributed by atoms with E-state index in [1.807, 2.05) is 58.2 Å². The van der Waals surface area contributed by atoms with Gasteiger partial charge in [-0.15, -0.1) is 5.10 Å². The van der Waals surface area contributed by atoms with Gasteiger partial charge in [-0.25, -0.2) is 14.5 Å². The number of pyridine rings is 1. The molecule has 1 unspecified atom stereocenters. The van der Waals surface area contributed by atoms with Gasteiger partial charge in [0.05, 0.1) is 17.2 Å². The van der Waals surface area contributed by atoms with Crippen LogP contribution in [0.15, 0.2) is 41.1 Å². The molecule has 2 aliphatic rings. The molecule has 1 atom stereocenters. The molecular formula is C32H45N7O4. The number of fused-ring (bicyclic) bond motifs is 2. The number of rotatable bonds is 12. The number of hydrogen-bond donors (Lipinski definition) is 1. The van der Waals surface area contributed by atoms with Gasteiger partial charge in [0, 0.05) is 58.8 Å². The number of nitrogens with one attached hydrogen (secondary N) is 1. The van der Waals surface area contributed by atoms with Crippen LogP contribution >= 0.6 is 0 Å². The number of furan rings is 1. The highest BCUT2D eigenvalue weighted by Crippen LogP contribution is 2.33. The van der Waals surface area contributed by atoms with E-state index in [0.717, 1.165) is 60.5 Å². The molecule has 1 aliphatic heterocycles. The summed E-state index contributed by atoms with van der Waals surface area (Å²) in [4.78, 5) is 14.0. The van der Waals surface area contributed by atoms with Crippen molar-refractivity contribution >= 4 is 22.4 Å². The fourth-order valence-electron chi connectivity index (χ4n) is 6.15. The summed E-state index contributed by atoms with van der Waals surface area (Å²) in [6, 6.07) is 7.97. The molecule has 0 spiro atoms. The second kappa shape index (κ2) is 12.0. The molecule has 2 fully saturated rings. The van der Waals surface area contributed by atoms with Crippen molar-refractivity contribution in [3.63, 3.8) is 0 Å². The summed E-state index contributed by atoms with van der Waals surface area (Å²) in [7, 11) is 3.76. The van der Waals surface area contributed by atoms with Crippen LogP contribution in [0.2, 0.25) is 0 Å². The van der Waals surface area contributed by atoms with E-state index >= 15 is 0 Å². The van der Waals surface area contributed by atoms with Crippen LogP contribution < -0.4 is 15.0 Å². The second-order valence-electron chi connectivity index (χ2n) is 13.0. The van der Waals surface area contributed by atoms with Crippen molar-refractivity contribution < 1.29 is 18.6 Å². The normalized spacial score (nSPS) is 20.9. The summed E-state index contributed by atoms with van der Waals surface area (Å²) >= 11 is 0. The van der Waals surface area contributed by atoms with Gasteiger partial charge in [0.25, 0.3) is 0 Å². The van der Waals surface area contributed by atoms with Crippen LogP contribution in [0.1, 0.15) is 59.8 Å². The van der Waals surface area contributed by atoms with Crippen molar-refractivity contribution in [2.24, 2.45) is 0 Å². The van der Waals surface area contributed by atoms with E-state index < -0.39 is 5.91 Å². The Morgan fingerprint density at radius 1 is 1.09 bits per heavy atom. The number of anilines is 1. The molecule has 232 valence electrons. The summed E-state index contributed by atoms with van der Waals surface area (Å²) in [5.74, 6) is 1.30. The van der Waals surface area contributed by atoms with E-state index in [-0.39, 0.29) is 17.7 Å². The third-order valence-electron chi connectivity index (χ3n) is 8.28. The SMILES string of the molecule is COC(C)(NC1CC(Oc2ccc3ncc(-c4cc5c(N(C)CCCN6CCCC6)nccc5o4)n3n2)C1)OC(C)(C)C. The predicted octanol–water partition coefficient (Wildman–Crippen LogP) is 5.09. The molecule has 1 aliphatic carbocycles. The zero-order valence-electron chi connectivity index (χ0n) is 26.3. The maximum atomic E-state index is 6.31. The summed E-state index contributed by atoms with van der Waals surface area (Å²) in [6.45, 7) is 12.5. The Bertz CT molecular complexity index is 1530. The summed E-state index contributed by atoms with van der Waals surface area (Å²) in [6.07, 6.45) is 9.05. The lowest BCUT2D eigenvalue weighted by atomic mass is 9.89. The minimum atomic E-state index is -0.860. The molecule has 5 heterocycles. The third kappa shape index (κ3) is 6.80. The molecule has 4 aromatic heterocycles. The summed E-state index contributed by atoms with van der Waals surface area (Å²) in [5.41, 5.74) is 1.95. The van der Waals surface area contributed by atoms with Gasteiger partial charge in [0.1, 0.15) is 23.2 Å². The molecule has 11 heteroatoms. The average Bonchev–Trinajstić information content (AvgIpc) is 3.70. The molecule has 1 saturated heterocycles. The predicted molar refractivity (Wildman–Crippen MR) is 166 cm³/mol. The zero-order chi connectivity index (χ0) is 30.2. The van der Waals surface area contributed by atoms with Crippen LogP contribution in [0.25, 0.3) is 28.1 Å². The first-order valence-corrected chi connectivity index (χ1v) is 15.5. The third-order valence-corrected chi connectivity index (χ3v) is 8.28. The van der Waals surface area contributed by atoms with Gasteiger partial charge in [-0.1, -0.05) is 0 Å². The van der Waals surface area contributed by atoms with E-state index in [1.165, 1.54) is 25.9 Å². The number of aromatic nitrogens is 4. The van der Waals surface area contributed by atoms with Gasteiger partial charge in [-0.2, -0.15) is 0 Å². The van der Waals surface area contributed by atoms with E-state index in [1.54, 1.807) is 17.8 Å². The highest BCUT2D eigenvalue weighted by Gasteiger charge is 2.39. The Morgan fingerprint density at radius 2 is 1.88 bits per heavy atom. The molecule has 43 heavy (non-hydrogen) atoms. The Kier molecular flexibility index (Phi) is 8.34. The van der Waals surface area contributed by atoms with Crippen LogP contribution in [0, 0.1) is 0 Å². The van der Waals surface area contributed by atoms with Crippen molar-refractivity contribution in [2.75, 3.05) is 45.2 Å². The van der Waals surface area contributed by atoms with E-state index in [4.69, 9.17) is 28.7 Å². The molecule has 1 N–H and O–H groups in total. The monoisotopic (exact) mass is 591 g/mol. The molecule has 4 aromatic rings. The smallest absolute Gasteiger partial charge is 0.232 e. The second-order valence-corrected chi connectivity index (χ2v) is 13.0. The molecule has 11 nitrogen and oxygen atoms in total. The Labute approximate surface area is 253 Å². The minimum absolute atomic E-state index is 0.0472. The Balaban J connectivity index is 1.12. The van der Waals surface area contributed by atoms with Gasteiger partial charge in [-0.05, 0) is 77.9 Å². The summed E-state index contributed by atoms with van der Waals surface area (Å²) < 4.78 is 26.1. The van der Waals surface area contributed by atoms with Crippen molar-refractivity contribution in [1.82, 2.24) is 29.8 Å². The number of hydrogen-bond acceptors (Lipinski definition) is 10. The van der Waals surface area contributed by atoms with Crippen LogP contribution in [-0.4, -0.2) is 88.5 Å². The molecular weight excluding hydrogens is 546 g/mol. The van der Waals surface area contributed by atoms with E-state index in [2.05, 4.69) is 27.1 Å². The quantitative estimate of drug-likeness (QED) is 0.224. The first-order valence-electron chi connectivity index (χ1n) is 15.5. The number of ether oxygens (including phenoxy) is 3. The maximum Gasteiger partial charge on any atom is 0.232 e. The van der Waals surface area contributed by atoms with Gasteiger partial charge in [0.2, 0.25) is 11.8 Å². The standard InChI is InChI=1S/C32H45N7O4/c1-31(2,3)43-32(4,40-6)35-22-18-23(19-22)41-29-11-10-28-34-21-25(39(28)36-29)27-20-24-26(42-27)12-13-33-30(24)37(5)14-9-17-38-15-7-8-16-38/h10-13,20-23,35H,7-9,14-19H2,1-6H3. The molecule has 1 saturated carbocycles. The highest BCUT2D eigenvalue weighted by molar-refractivity contribution is 5.91. The fraction of sp³-hybridized carbons (Fsp3) is 0.594. The molecule has 0 radical (unpaired) electrons. The summed E-state index contributed by atoms with van der Waals surface area (Å²) in [5, 5.41) is 9.23. The molecule has 6 rings (SSSR count). The average molecular weight is 592 g/mol. The lowest BCUT2D eigenvalue weighted by Gasteiger charge is -2.43. The van der Waals surface area contributed by atoms with Gasteiger partial charge in [-0.3, -0.25) is 5.32 Å². The van der Waals surface area contributed by atoms with Gasteiger partial charge in [0.15, 0.2) is 11.4 Å². The van der Waals surface area contributed by atoms with Crippen LogP contribution in [0.5, 0.6) is 5.88 Å². The number of imidazole rings is 1. The number of nitrogens with zero attached hydrogens (tertiary/aromatic N) is 6. The molecule has 0 aromatic carbocycles. The lowest BCUT2D eigenvalue weighted by molar-refractivity contribution is -0.281.